The highest BCUT2D eigenvalue weighted by molar-refractivity contribution is 8.00. The molecule has 0 aromatic rings. The third kappa shape index (κ3) is 2.33. The van der Waals surface area contributed by atoms with E-state index in [2.05, 4.69) is 4.74 Å². The molecule has 0 fully saturated rings. The number of hydrogen-bond donors (Lipinski definition) is 1. The van der Waals surface area contributed by atoms with Crippen LogP contribution in [0.4, 0.5) is 4.79 Å². The molecule has 1 unspecified atom stereocenters. The zero-order valence-corrected chi connectivity index (χ0v) is 4.75. The molecule has 0 heterocycles. The van der Waals surface area contributed by atoms with Crippen molar-refractivity contribution in [2.75, 3.05) is 13.3 Å². The van der Waals surface area contributed by atoms with E-state index in [0.29, 0.717) is 0 Å². The van der Waals surface area contributed by atoms with Crippen LogP contribution >= 0.6 is 0 Å². The van der Waals surface area contributed by atoms with Crippen molar-refractivity contribution in [3.63, 3.8) is 0 Å². The average molecular weight is 123 g/mol. The Hall–Kier alpha value is -0.380. The van der Waals surface area contributed by atoms with Gasteiger partial charge in [-0.3, -0.25) is 4.78 Å². The molecule has 1 N–H and O–H groups in total. The molecule has 1 atom stereocenters. The smallest absolute Gasteiger partial charge is 0.377 e. The maximum absolute atomic E-state index is 10.2. The first kappa shape index (κ1) is 4.77. The number of hydrogen-bond acceptors (Lipinski definition) is 3. The van der Waals surface area contributed by atoms with Crippen LogP contribution in [-0.4, -0.2) is 18.6 Å². The van der Waals surface area contributed by atoms with Gasteiger partial charge in [-0.15, -0.1) is 0 Å². The third-order valence-corrected chi connectivity index (χ3v) is 0.937. The summed E-state index contributed by atoms with van der Waals surface area (Å²) >= 11 is 0. The third-order valence-electron chi connectivity index (χ3n) is 0.368. The number of carbonyl (C=O) groups is 1. The summed E-state index contributed by atoms with van der Waals surface area (Å²) in [4.78, 5) is 10.2. The van der Waals surface area contributed by atoms with Gasteiger partial charge in [-0.05, 0) is 0 Å². The Kier molecular flexibility index (Phi) is 1.87. The number of carbonyl (C=O) groups excluding carboxylic acids is 1. The molecule has 0 saturated carbocycles. The Labute approximate surface area is 46.0 Å². The van der Waals surface area contributed by atoms with Crippen LogP contribution in [0.15, 0.2) is 0 Å². The van der Waals surface area contributed by atoms with Crippen molar-refractivity contribution in [2.24, 2.45) is 0 Å². The lowest BCUT2D eigenvalue weighted by molar-refractivity contribution is 0.200. The number of ether oxygens (including phenoxy) is 1. The average Bonchev–Trinajstić information content (AvgIpc) is 1.84. The Morgan fingerprint density at radius 3 is 2.86 bits per heavy atom. The first-order valence-corrected chi connectivity index (χ1v) is 2.91. The van der Waals surface area contributed by atoms with E-state index in [1.807, 2.05) is 0 Å². The van der Waals surface area contributed by atoms with Crippen molar-refractivity contribution in [3.8, 4) is 0 Å². The molecule has 0 aromatic carbocycles. The van der Waals surface area contributed by atoms with Gasteiger partial charge in [-0.2, -0.15) is 0 Å². The van der Waals surface area contributed by atoms with Gasteiger partial charge in [0.25, 0.3) is 0 Å². The van der Waals surface area contributed by atoms with Gasteiger partial charge in [-0.25, -0.2) is 4.79 Å². The molecule has 0 aliphatic rings. The Bertz CT molecular complexity index is 102. The first-order chi connectivity index (χ1) is 3.72. The summed E-state index contributed by atoms with van der Waals surface area (Å²) < 4.78 is 17.5. The molecule has 0 bridgehead atoms. The number of methoxy groups -OCH3 is 1. The molecule has 0 aliphatic heterocycles. The number of rotatable bonds is 0. The van der Waals surface area contributed by atoms with Gasteiger partial charge < -0.3 is 4.74 Å². The van der Waals surface area contributed by atoms with Gasteiger partial charge in [0.15, 0.2) is 0 Å². The largest absolute Gasteiger partial charge is 0.460 e. The van der Waals surface area contributed by atoms with Gasteiger partial charge in [0.1, 0.15) is 0 Å². The fourth-order valence-corrected chi connectivity index (χ4v) is 0.302. The van der Waals surface area contributed by atoms with Crippen LogP contribution in [0.3, 0.4) is 0 Å². The quantitative estimate of drug-likeness (QED) is 0.483. The minimum Gasteiger partial charge on any atom is -0.460 e. The van der Waals surface area contributed by atoms with Crippen molar-refractivity contribution < 1.29 is 10.9 Å². The lowest BCUT2D eigenvalue weighted by atomic mass is 11.5. The van der Waals surface area contributed by atoms with Gasteiger partial charge >= 0.3 is 5.30 Å². The molecule has 0 amide bonds. The highest BCUT2D eigenvalue weighted by atomic mass is 32.2. The van der Waals surface area contributed by atoms with E-state index >= 15 is 0 Å². The monoisotopic (exact) mass is 123 g/mol. The normalized spacial score (nSPS) is 14.7. The van der Waals surface area contributed by atoms with Crippen LogP contribution in [0.1, 0.15) is 1.37 Å². The fraction of sp³-hybridized carbons (Fsp3) is 0.667. The van der Waals surface area contributed by atoms with Crippen LogP contribution in [0.2, 0.25) is 0 Å². The highest BCUT2D eigenvalue weighted by Crippen LogP contribution is 1.81. The van der Waals surface area contributed by atoms with Crippen LogP contribution in [-0.2, 0) is 15.4 Å². The topological polar surface area (TPSA) is 50.2 Å². The van der Waals surface area contributed by atoms with Gasteiger partial charge in [-0.1, -0.05) is 0 Å². The summed E-state index contributed by atoms with van der Waals surface area (Å²) in [5.74, 6) is 0. The predicted molar refractivity (Wildman–Crippen MR) is 28.4 cm³/mol. The summed E-state index contributed by atoms with van der Waals surface area (Å²) in [5.41, 5.74) is 0. The molecule has 3 nitrogen and oxygen atoms in total. The molecule has 0 aromatic heterocycles. The molecule has 0 rings (SSSR count). The molecule has 42 valence electrons. The van der Waals surface area contributed by atoms with Crippen LogP contribution in [0.25, 0.3) is 0 Å². The first-order valence-electron chi connectivity index (χ1n) is 2.22. The molecule has 4 heteroatoms. The van der Waals surface area contributed by atoms with E-state index in [-0.39, 0.29) is 6.23 Å². The van der Waals surface area contributed by atoms with Gasteiger partial charge in [0.2, 0.25) is 0 Å². The second-order valence-corrected chi connectivity index (χ2v) is 1.96. The number of nitrogens with one attached hydrogen (secondary N) is 1. The predicted octanol–water partition coefficient (Wildman–Crippen LogP) is 0.763. The zero-order chi connectivity index (χ0) is 6.57. The lowest BCUT2D eigenvalue weighted by Gasteiger charge is -1.91. The summed E-state index contributed by atoms with van der Waals surface area (Å²) in [6.45, 7) is 0. The highest BCUT2D eigenvalue weighted by Gasteiger charge is 1.96. The molecular weight excluding hydrogens is 114 g/mol. The van der Waals surface area contributed by atoms with E-state index < -0.39 is 16.0 Å². The Balaban J connectivity index is 3.64. The summed E-state index contributed by atoms with van der Waals surface area (Å²) in [6.07, 6.45) is -0.202. The molecule has 7 heavy (non-hydrogen) atoms. The van der Waals surface area contributed by atoms with Gasteiger partial charge in [0, 0.05) is 18.3 Å². The second-order valence-electron chi connectivity index (χ2n) is 0.845. The van der Waals surface area contributed by atoms with E-state index in [9.17, 15) is 4.79 Å². The summed E-state index contributed by atoms with van der Waals surface area (Å²) in [6, 6.07) is 0. The van der Waals surface area contributed by atoms with Crippen molar-refractivity contribution >= 4 is 16.0 Å². The fourth-order valence-electron chi connectivity index (χ4n) is 0.101. The Morgan fingerprint density at radius 2 is 2.71 bits per heavy atom. The van der Waals surface area contributed by atoms with Gasteiger partial charge in [0.05, 0.1) is 7.11 Å². The lowest BCUT2D eigenvalue weighted by Crippen LogP contribution is -2.01. The van der Waals surface area contributed by atoms with E-state index in [1.54, 1.807) is 0 Å². The van der Waals surface area contributed by atoms with Crippen LogP contribution in [0.5, 0.6) is 0 Å². The zero-order valence-electron chi connectivity index (χ0n) is 4.93. The van der Waals surface area contributed by atoms with Crippen LogP contribution in [0, 0.1) is 4.78 Å². The second kappa shape index (κ2) is 2.74. The van der Waals surface area contributed by atoms with Crippen LogP contribution < -0.4 is 0 Å². The molecule has 0 aliphatic carbocycles. The summed E-state index contributed by atoms with van der Waals surface area (Å²) in [5, 5.41) is -0.611. The standard InChI is InChI=1S/C3H7NO2S/c1-6-3(5)7(2)4/h4H,1-2H3/i2T. The molecule has 0 spiro atoms. The van der Waals surface area contributed by atoms with Crippen molar-refractivity contribution in [1.29, 1.82) is 4.78 Å². The SMILES string of the molecule is [3H]CS(=N)C(=O)OC. The van der Waals surface area contributed by atoms with Crippen molar-refractivity contribution in [2.45, 2.75) is 0 Å². The van der Waals surface area contributed by atoms with E-state index in [4.69, 9.17) is 6.15 Å². The minimum absolute atomic E-state index is 0.202. The molecular formula is C3H7NO2S. The van der Waals surface area contributed by atoms with E-state index in [1.165, 1.54) is 7.11 Å². The maximum Gasteiger partial charge on any atom is 0.377 e. The molecule has 0 saturated heterocycles. The van der Waals surface area contributed by atoms with Crippen molar-refractivity contribution in [3.05, 3.63) is 0 Å². The van der Waals surface area contributed by atoms with E-state index in [0.717, 1.165) is 0 Å². The maximum atomic E-state index is 10.2. The summed E-state index contributed by atoms with van der Waals surface area (Å²) in [7, 11) is -0.0514. The molecule has 0 radical (unpaired) electrons. The van der Waals surface area contributed by atoms with Crippen molar-refractivity contribution in [1.82, 2.24) is 0 Å². The Morgan fingerprint density at radius 1 is 2.14 bits per heavy atom. The minimum atomic E-state index is -1.27.